The lowest BCUT2D eigenvalue weighted by Crippen LogP contribution is -2.22. The Morgan fingerprint density at radius 2 is 1.91 bits per heavy atom. The molecule has 23 heavy (non-hydrogen) atoms. The molecule has 0 radical (unpaired) electrons. The third kappa shape index (κ3) is 4.53. The minimum absolute atomic E-state index is 0.188. The minimum Gasteiger partial charge on any atom is -0.481 e. The van der Waals surface area contributed by atoms with Crippen LogP contribution in [-0.2, 0) is 11.3 Å². The van der Waals surface area contributed by atoms with Gasteiger partial charge < -0.3 is 15.2 Å². The number of carboxylic acid groups (broad SMARTS) is 1. The maximum Gasteiger partial charge on any atom is 0.341 e. The fourth-order valence-electron chi connectivity index (χ4n) is 2.20. The Hall–Kier alpha value is -2.41. The quantitative estimate of drug-likeness (QED) is 0.847. The van der Waals surface area contributed by atoms with E-state index in [1.54, 1.807) is 43.5 Å². The van der Waals surface area contributed by atoms with Crippen LogP contribution in [0.15, 0.2) is 18.3 Å². The standard InChI is InChI=1S/C16H18N2O4S/c1-9-4-12(5-10(2)15(9)22-8-14(19)20)16(21)18-7-13-6-17-11(3)23-13/h4-6H,7-8H2,1-3H3,(H,18,21)(H,19,20). The smallest absolute Gasteiger partial charge is 0.341 e. The number of nitrogens with one attached hydrogen (secondary N) is 1. The predicted octanol–water partition coefficient (Wildman–Crippen LogP) is 2.46. The van der Waals surface area contributed by atoms with Crippen molar-refractivity contribution in [3.8, 4) is 5.75 Å². The van der Waals surface area contributed by atoms with Gasteiger partial charge in [-0.05, 0) is 44.0 Å². The lowest BCUT2D eigenvalue weighted by atomic mass is 10.1. The number of hydrogen-bond acceptors (Lipinski definition) is 5. The Balaban J connectivity index is 2.07. The first-order chi connectivity index (χ1) is 10.9. The summed E-state index contributed by atoms with van der Waals surface area (Å²) < 4.78 is 5.26. The van der Waals surface area contributed by atoms with Gasteiger partial charge in [0.05, 0.1) is 11.6 Å². The number of carboxylic acids is 1. The highest BCUT2D eigenvalue weighted by atomic mass is 32.1. The number of carbonyl (C=O) groups is 2. The van der Waals surface area contributed by atoms with Crippen molar-refractivity contribution in [2.45, 2.75) is 27.3 Å². The third-order valence-corrected chi connectivity index (χ3v) is 4.07. The maximum absolute atomic E-state index is 12.2. The number of rotatable bonds is 6. The zero-order chi connectivity index (χ0) is 17.0. The summed E-state index contributed by atoms with van der Waals surface area (Å²) in [4.78, 5) is 28.0. The Morgan fingerprint density at radius 1 is 1.26 bits per heavy atom. The van der Waals surface area contributed by atoms with Gasteiger partial charge in [-0.1, -0.05) is 0 Å². The Bertz CT molecular complexity index is 716. The molecule has 2 aromatic rings. The van der Waals surface area contributed by atoms with E-state index in [9.17, 15) is 9.59 Å². The first kappa shape index (κ1) is 17.0. The van der Waals surface area contributed by atoms with Crippen molar-refractivity contribution in [2.75, 3.05) is 6.61 Å². The number of benzene rings is 1. The van der Waals surface area contributed by atoms with E-state index in [1.165, 1.54) is 0 Å². The molecule has 0 spiro atoms. The van der Waals surface area contributed by atoms with Crippen LogP contribution < -0.4 is 10.1 Å². The molecule has 122 valence electrons. The number of hydrogen-bond donors (Lipinski definition) is 2. The van der Waals surface area contributed by atoms with E-state index in [1.807, 2.05) is 6.92 Å². The second-order valence-corrected chi connectivity index (χ2v) is 6.47. The van der Waals surface area contributed by atoms with Gasteiger partial charge in [-0.15, -0.1) is 11.3 Å². The molecule has 0 saturated carbocycles. The molecule has 1 aromatic heterocycles. The average molecular weight is 334 g/mol. The van der Waals surface area contributed by atoms with Crippen molar-refractivity contribution in [3.63, 3.8) is 0 Å². The van der Waals surface area contributed by atoms with Crippen LogP contribution in [0, 0.1) is 20.8 Å². The lowest BCUT2D eigenvalue weighted by molar-refractivity contribution is -0.139. The third-order valence-electron chi connectivity index (χ3n) is 3.15. The van der Waals surface area contributed by atoms with Crippen LogP contribution in [0.25, 0.3) is 0 Å². The van der Waals surface area contributed by atoms with Crippen LogP contribution in [0.5, 0.6) is 5.75 Å². The number of carbonyl (C=O) groups excluding carboxylic acids is 1. The van der Waals surface area contributed by atoms with Crippen LogP contribution in [0.3, 0.4) is 0 Å². The second kappa shape index (κ2) is 7.23. The molecular formula is C16H18N2O4S. The van der Waals surface area contributed by atoms with Gasteiger partial charge in [-0.2, -0.15) is 0 Å². The van der Waals surface area contributed by atoms with Gasteiger partial charge in [0, 0.05) is 16.6 Å². The van der Waals surface area contributed by atoms with Gasteiger partial charge in [-0.25, -0.2) is 9.78 Å². The molecular weight excluding hydrogens is 316 g/mol. The first-order valence-corrected chi connectivity index (χ1v) is 7.84. The van der Waals surface area contributed by atoms with Crippen LogP contribution in [0.2, 0.25) is 0 Å². The number of ether oxygens (including phenoxy) is 1. The molecule has 0 aliphatic heterocycles. The summed E-state index contributed by atoms with van der Waals surface area (Å²) in [5.74, 6) is -0.723. The van der Waals surface area contributed by atoms with Crippen molar-refractivity contribution >= 4 is 23.2 Å². The Morgan fingerprint density at radius 3 is 2.43 bits per heavy atom. The molecule has 1 amide bonds. The van der Waals surface area contributed by atoms with Crippen LogP contribution >= 0.6 is 11.3 Å². The van der Waals surface area contributed by atoms with Crippen molar-refractivity contribution in [3.05, 3.63) is 44.9 Å². The summed E-state index contributed by atoms with van der Waals surface area (Å²) in [6.45, 7) is 5.51. The summed E-state index contributed by atoms with van der Waals surface area (Å²) in [7, 11) is 0. The summed E-state index contributed by atoms with van der Waals surface area (Å²) in [6.07, 6.45) is 1.75. The molecule has 0 saturated heterocycles. The van der Waals surface area contributed by atoms with Gasteiger partial charge in [0.25, 0.3) is 5.91 Å². The number of thiazole rings is 1. The normalized spacial score (nSPS) is 10.4. The number of aryl methyl sites for hydroxylation is 3. The van der Waals surface area contributed by atoms with Crippen molar-refractivity contribution in [1.29, 1.82) is 0 Å². The summed E-state index contributed by atoms with van der Waals surface area (Å²) in [5, 5.41) is 12.5. The van der Waals surface area contributed by atoms with Gasteiger partial charge >= 0.3 is 5.97 Å². The highest BCUT2D eigenvalue weighted by Gasteiger charge is 2.13. The molecule has 6 nitrogen and oxygen atoms in total. The minimum atomic E-state index is -1.04. The first-order valence-electron chi connectivity index (χ1n) is 7.02. The molecule has 2 N–H and O–H groups in total. The fraction of sp³-hybridized carbons (Fsp3) is 0.312. The zero-order valence-electron chi connectivity index (χ0n) is 13.2. The van der Waals surface area contributed by atoms with Crippen LogP contribution in [-0.4, -0.2) is 28.6 Å². The van der Waals surface area contributed by atoms with E-state index in [0.717, 1.165) is 21.0 Å². The Kier molecular flexibility index (Phi) is 5.33. The molecule has 7 heteroatoms. The van der Waals surface area contributed by atoms with Gasteiger partial charge in [0.15, 0.2) is 6.61 Å². The number of amides is 1. The number of aliphatic carboxylic acids is 1. The van der Waals surface area contributed by atoms with Crippen molar-refractivity contribution < 1.29 is 19.4 Å². The molecule has 1 heterocycles. The second-order valence-electron chi connectivity index (χ2n) is 5.15. The van der Waals surface area contributed by atoms with E-state index in [4.69, 9.17) is 9.84 Å². The Labute approximate surface area is 138 Å². The fourth-order valence-corrected chi connectivity index (χ4v) is 2.93. The largest absolute Gasteiger partial charge is 0.481 e. The molecule has 0 aliphatic carbocycles. The molecule has 2 rings (SSSR count). The topological polar surface area (TPSA) is 88.5 Å². The lowest BCUT2D eigenvalue weighted by Gasteiger charge is -2.12. The van der Waals surface area contributed by atoms with E-state index < -0.39 is 12.6 Å². The monoisotopic (exact) mass is 334 g/mol. The maximum atomic E-state index is 12.2. The van der Waals surface area contributed by atoms with Gasteiger partial charge in [-0.3, -0.25) is 4.79 Å². The van der Waals surface area contributed by atoms with Crippen molar-refractivity contribution in [2.24, 2.45) is 0 Å². The molecule has 1 aromatic carbocycles. The summed E-state index contributed by atoms with van der Waals surface area (Å²) in [6, 6.07) is 3.38. The zero-order valence-corrected chi connectivity index (χ0v) is 14.0. The molecule has 0 unspecified atom stereocenters. The van der Waals surface area contributed by atoms with Crippen LogP contribution in [0.4, 0.5) is 0 Å². The van der Waals surface area contributed by atoms with Crippen LogP contribution in [0.1, 0.15) is 31.4 Å². The van der Waals surface area contributed by atoms with Gasteiger partial charge in [0.2, 0.25) is 0 Å². The van der Waals surface area contributed by atoms with Gasteiger partial charge in [0.1, 0.15) is 5.75 Å². The molecule has 0 bridgehead atoms. The predicted molar refractivity (Wildman–Crippen MR) is 87.1 cm³/mol. The van der Waals surface area contributed by atoms with E-state index in [-0.39, 0.29) is 5.91 Å². The summed E-state index contributed by atoms with van der Waals surface area (Å²) in [5.41, 5.74) is 1.97. The number of aromatic nitrogens is 1. The highest BCUT2D eigenvalue weighted by Crippen LogP contribution is 2.25. The molecule has 0 atom stereocenters. The molecule has 0 fully saturated rings. The van der Waals surface area contributed by atoms with E-state index >= 15 is 0 Å². The SMILES string of the molecule is Cc1ncc(CNC(=O)c2cc(C)c(OCC(=O)O)c(C)c2)s1. The average Bonchev–Trinajstić information content (AvgIpc) is 2.89. The van der Waals surface area contributed by atoms with E-state index in [2.05, 4.69) is 10.3 Å². The summed E-state index contributed by atoms with van der Waals surface area (Å²) >= 11 is 1.54. The van der Waals surface area contributed by atoms with E-state index in [0.29, 0.717) is 17.9 Å². The highest BCUT2D eigenvalue weighted by molar-refractivity contribution is 7.11. The number of nitrogens with zero attached hydrogens (tertiary/aromatic N) is 1. The molecule has 0 aliphatic rings. The van der Waals surface area contributed by atoms with Crippen molar-refractivity contribution in [1.82, 2.24) is 10.3 Å².